The van der Waals surface area contributed by atoms with Gasteiger partial charge in [0.05, 0.1) is 31.3 Å². The normalized spacial score (nSPS) is 12.1. The summed E-state index contributed by atoms with van der Waals surface area (Å²) >= 11 is 24.6. The van der Waals surface area contributed by atoms with Crippen LogP contribution in [-0.2, 0) is 10.8 Å². The second-order valence-electron chi connectivity index (χ2n) is 10.5. The summed E-state index contributed by atoms with van der Waals surface area (Å²) in [6.07, 6.45) is 0. The van der Waals surface area contributed by atoms with E-state index in [-0.39, 0.29) is 23.0 Å². The largest absolute Gasteiger partial charge is 0.506 e. The van der Waals surface area contributed by atoms with Gasteiger partial charge < -0.3 is 20.1 Å². The van der Waals surface area contributed by atoms with Gasteiger partial charge in [-0.2, -0.15) is 0 Å². The van der Waals surface area contributed by atoms with E-state index in [0.29, 0.717) is 37.1 Å². The predicted molar refractivity (Wildman–Crippen MR) is 189 cm³/mol. The maximum Gasteiger partial charge on any atom is 0.172 e. The summed E-state index contributed by atoms with van der Waals surface area (Å²) in [5, 5.41) is 31.3. The van der Waals surface area contributed by atoms with Gasteiger partial charge in [0, 0.05) is 10.8 Å². The van der Waals surface area contributed by atoms with Crippen molar-refractivity contribution in [3.8, 4) is 28.7 Å². The van der Waals surface area contributed by atoms with Crippen LogP contribution in [0.4, 0.5) is 0 Å². The summed E-state index contributed by atoms with van der Waals surface area (Å²) in [4.78, 5) is 0. The van der Waals surface area contributed by atoms with Gasteiger partial charge in [-0.05, 0) is 182 Å². The molecule has 4 aromatic rings. The van der Waals surface area contributed by atoms with Crippen molar-refractivity contribution < 1.29 is 20.1 Å². The van der Waals surface area contributed by atoms with Crippen molar-refractivity contribution in [3.63, 3.8) is 0 Å². The molecule has 0 aliphatic heterocycles. The van der Waals surface area contributed by atoms with Crippen molar-refractivity contribution in [1.82, 2.24) is 0 Å². The van der Waals surface area contributed by atoms with Crippen molar-refractivity contribution in [1.29, 1.82) is 0 Å². The van der Waals surface area contributed by atoms with Crippen LogP contribution in [0.1, 0.15) is 49.9 Å². The summed E-state index contributed by atoms with van der Waals surface area (Å²) in [5.41, 5.74) is 2.88. The van der Waals surface area contributed by atoms with E-state index in [1.54, 1.807) is 0 Å². The zero-order chi connectivity index (χ0) is 30.6. The molecular weight excluding hydrogens is 984 g/mol. The smallest absolute Gasteiger partial charge is 0.172 e. The zero-order valence-electron chi connectivity index (χ0n) is 22.0. The quantitative estimate of drug-likeness (QED) is 0.180. The molecule has 4 nitrogen and oxygen atoms in total. The monoisotopic (exact) mass is 1000 g/mol. The molecule has 0 saturated carbocycles. The second-order valence-corrected chi connectivity index (χ2v) is 16.5. The highest BCUT2D eigenvalue weighted by Gasteiger charge is 2.30. The van der Waals surface area contributed by atoms with Gasteiger partial charge in [0.15, 0.2) is 17.2 Å². The molecule has 0 amide bonds. The molecule has 0 aromatic heterocycles. The van der Waals surface area contributed by atoms with Gasteiger partial charge >= 0.3 is 0 Å². The van der Waals surface area contributed by atoms with Crippen LogP contribution < -0.4 is 4.74 Å². The molecule has 3 N–H and O–H groups in total. The lowest BCUT2D eigenvalue weighted by atomic mass is 9.78. The predicted octanol–water partition coefficient (Wildman–Crippen LogP) is 12.6. The van der Waals surface area contributed by atoms with E-state index in [1.165, 1.54) is 0 Å². The molecule has 4 aromatic carbocycles. The van der Waals surface area contributed by atoms with Crippen LogP contribution in [0, 0.1) is 0 Å². The van der Waals surface area contributed by atoms with Gasteiger partial charge in [-0.3, -0.25) is 0 Å². The van der Waals surface area contributed by atoms with Crippen LogP contribution >= 0.6 is 112 Å². The number of phenolic OH excluding ortho intramolecular Hbond substituents is 3. The van der Waals surface area contributed by atoms with Crippen LogP contribution in [0.5, 0.6) is 28.7 Å². The highest BCUT2D eigenvalue weighted by molar-refractivity contribution is 9.12. The van der Waals surface area contributed by atoms with Crippen LogP contribution in [0.25, 0.3) is 0 Å². The van der Waals surface area contributed by atoms with E-state index < -0.39 is 10.8 Å². The average Bonchev–Trinajstić information content (AvgIpc) is 2.89. The number of ether oxygens (including phenoxy) is 1. The van der Waals surface area contributed by atoms with E-state index in [2.05, 4.69) is 139 Å². The topological polar surface area (TPSA) is 69.9 Å². The Morgan fingerprint density at radius 3 is 1.05 bits per heavy atom. The SMILES string of the molecule is CC(C)(c1cc(Br)c(O)c(Br)c1)c1cc(Br)c(Oc2cc(C(C)(C)c3cc(Br)c(O)c(Br)c3)cc(Br)c2O)c(Br)c1. The molecule has 216 valence electrons. The Morgan fingerprint density at radius 1 is 0.439 bits per heavy atom. The standard InChI is InChI=1S/C30H23Br7O4/c1-29(2,13-5-17(31)25(38)18(32)6-13)15-10-22(36)28(23(37)11-15)41-24-12-16(9-21(35)27(24)40)30(3,4)14-7-19(33)26(39)20(34)8-14/h5-12,38-40H,1-4H3. The second kappa shape index (κ2) is 12.4. The molecule has 0 radical (unpaired) electrons. The fourth-order valence-corrected chi connectivity index (χ4v) is 8.49. The molecule has 0 bridgehead atoms. The number of hydrogen-bond acceptors (Lipinski definition) is 4. The molecule has 0 aliphatic carbocycles. The Labute approximate surface area is 297 Å². The van der Waals surface area contributed by atoms with E-state index in [9.17, 15) is 15.3 Å². The highest BCUT2D eigenvalue weighted by Crippen LogP contribution is 2.48. The highest BCUT2D eigenvalue weighted by atomic mass is 79.9. The van der Waals surface area contributed by atoms with Gasteiger partial charge in [-0.25, -0.2) is 0 Å². The Bertz CT molecular complexity index is 1610. The van der Waals surface area contributed by atoms with Gasteiger partial charge in [0.2, 0.25) is 0 Å². The molecule has 0 fully saturated rings. The van der Waals surface area contributed by atoms with Crippen LogP contribution in [0.3, 0.4) is 0 Å². The molecule has 0 heterocycles. The number of aromatic hydroxyl groups is 3. The molecule has 4 rings (SSSR count). The molecular formula is C30H23Br7O4. The van der Waals surface area contributed by atoms with Gasteiger partial charge in [0.25, 0.3) is 0 Å². The fraction of sp³-hybridized carbons (Fsp3) is 0.200. The minimum atomic E-state index is -0.512. The first-order chi connectivity index (χ1) is 18.9. The van der Waals surface area contributed by atoms with Crippen molar-refractivity contribution >= 4 is 112 Å². The van der Waals surface area contributed by atoms with Gasteiger partial charge in [0.1, 0.15) is 11.5 Å². The third kappa shape index (κ3) is 6.61. The summed E-state index contributed by atoms with van der Waals surface area (Å²) in [7, 11) is 0. The third-order valence-corrected chi connectivity index (χ3v) is 11.4. The van der Waals surface area contributed by atoms with Gasteiger partial charge in [-0.1, -0.05) is 27.7 Å². The number of hydrogen-bond donors (Lipinski definition) is 3. The summed E-state index contributed by atoms with van der Waals surface area (Å²) in [5.74, 6) is 1.04. The van der Waals surface area contributed by atoms with Crippen molar-refractivity contribution in [2.75, 3.05) is 0 Å². The molecule has 41 heavy (non-hydrogen) atoms. The Hall–Kier alpha value is -0.560. The van der Waals surface area contributed by atoms with E-state index >= 15 is 0 Å². The van der Waals surface area contributed by atoms with E-state index in [0.717, 1.165) is 22.3 Å². The summed E-state index contributed by atoms with van der Waals surface area (Å²) in [6, 6.07) is 15.2. The van der Waals surface area contributed by atoms with E-state index in [4.69, 9.17) is 4.74 Å². The Kier molecular flexibility index (Phi) is 10.1. The van der Waals surface area contributed by atoms with Crippen molar-refractivity contribution in [2.24, 2.45) is 0 Å². The minimum Gasteiger partial charge on any atom is -0.506 e. The number of halogens is 7. The third-order valence-electron chi connectivity index (χ3n) is 7.16. The Morgan fingerprint density at radius 2 is 0.707 bits per heavy atom. The lowest BCUT2D eigenvalue weighted by Crippen LogP contribution is -2.19. The number of rotatable bonds is 6. The zero-order valence-corrected chi connectivity index (χ0v) is 33.1. The molecule has 0 unspecified atom stereocenters. The van der Waals surface area contributed by atoms with Crippen molar-refractivity contribution in [2.45, 2.75) is 38.5 Å². The van der Waals surface area contributed by atoms with Crippen molar-refractivity contribution in [3.05, 3.63) is 102 Å². The summed E-state index contributed by atoms with van der Waals surface area (Å²) in [6.45, 7) is 8.32. The maximum atomic E-state index is 11.0. The first-order valence-electron chi connectivity index (χ1n) is 12.0. The van der Waals surface area contributed by atoms with Crippen LogP contribution in [0.2, 0.25) is 0 Å². The van der Waals surface area contributed by atoms with Crippen LogP contribution in [0.15, 0.2) is 79.8 Å². The fourth-order valence-electron chi connectivity index (χ4n) is 4.33. The lowest BCUT2D eigenvalue weighted by molar-refractivity contribution is 0.404. The Balaban J connectivity index is 1.75. The minimum absolute atomic E-state index is 0.0281. The number of phenols is 3. The first kappa shape index (κ1) is 33.3. The van der Waals surface area contributed by atoms with Crippen LogP contribution in [-0.4, -0.2) is 15.3 Å². The summed E-state index contributed by atoms with van der Waals surface area (Å²) < 4.78 is 10.6. The maximum absolute atomic E-state index is 11.0. The van der Waals surface area contributed by atoms with E-state index in [1.807, 2.05) is 48.5 Å². The molecule has 0 aliphatic rings. The lowest BCUT2D eigenvalue weighted by Gasteiger charge is -2.29. The molecule has 11 heteroatoms. The molecule has 0 spiro atoms. The molecule has 0 saturated heterocycles. The number of benzene rings is 4. The molecule has 0 atom stereocenters. The first-order valence-corrected chi connectivity index (χ1v) is 17.6. The van der Waals surface area contributed by atoms with Gasteiger partial charge in [-0.15, -0.1) is 0 Å². The average molecular weight is 1010 g/mol.